The SMILES string of the molecule is CC(CCc1ccco1)NC(=O)N(CCC(=O)O)C(C)C. The van der Waals surface area contributed by atoms with Gasteiger partial charge in [-0.15, -0.1) is 0 Å². The summed E-state index contributed by atoms with van der Waals surface area (Å²) in [5.41, 5.74) is 0. The van der Waals surface area contributed by atoms with Gasteiger partial charge in [-0.05, 0) is 39.3 Å². The molecule has 21 heavy (non-hydrogen) atoms. The van der Waals surface area contributed by atoms with Crippen LogP contribution in [0.25, 0.3) is 0 Å². The first-order chi connectivity index (χ1) is 9.90. The number of urea groups is 1. The van der Waals surface area contributed by atoms with Gasteiger partial charge in [0.2, 0.25) is 0 Å². The summed E-state index contributed by atoms with van der Waals surface area (Å²) < 4.78 is 5.25. The predicted molar refractivity (Wildman–Crippen MR) is 79.1 cm³/mol. The fraction of sp³-hybridized carbons (Fsp3) is 0.600. The standard InChI is InChI=1S/C15H24N2O4/c1-11(2)17(9-8-14(18)19)15(20)16-12(3)6-7-13-5-4-10-21-13/h4-5,10-12H,6-9H2,1-3H3,(H,16,20)(H,18,19). The Morgan fingerprint density at radius 1 is 1.38 bits per heavy atom. The molecule has 1 aromatic rings. The molecule has 0 aliphatic rings. The molecule has 0 aliphatic carbocycles. The molecule has 6 nitrogen and oxygen atoms in total. The first-order valence-corrected chi connectivity index (χ1v) is 7.21. The minimum atomic E-state index is -0.903. The van der Waals surface area contributed by atoms with Gasteiger partial charge < -0.3 is 19.7 Å². The molecule has 1 rings (SSSR count). The van der Waals surface area contributed by atoms with Crippen molar-refractivity contribution in [3.05, 3.63) is 24.2 Å². The number of furan rings is 1. The highest BCUT2D eigenvalue weighted by molar-refractivity contribution is 5.75. The molecule has 0 saturated carbocycles. The van der Waals surface area contributed by atoms with E-state index in [0.29, 0.717) is 0 Å². The lowest BCUT2D eigenvalue weighted by Gasteiger charge is -2.28. The summed E-state index contributed by atoms with van der Waals surface area (Å²) in [4.78, 5) is 24.3. The Labute approximate surface area is 125 Å². The maximum Gasteiger partial charge on any atom is 0.317 e. The van der Waals surface area contributed by atoms with E-state index in [1.807, 2.05) is 32.9 Å². The fourth-order valence-electron chi connectivity index (χ4n) is 1.99. The third-order valence-corrected chi connectivity index (χ3v) is 3.22. The molecule has 1 aromatic heterocycles. The van der Waals surface area contributed by atoms with Gasteiger partial charge in [0.1, 0.15) is 5.76 Å². The Balaban J connectivity index is 2.42. The van der Waals surface area contributed by atoms with E-state index in [1.54, 1.807) is 6.26 Å². The molecule has 0 radical (unpaired) electrons. The Kier molecular flexibility index (Phi) is 6.78. The fourth-order valence-corrected chi connectivity index (χ4v) is 1.99. The van der Waals surface area contributed by atoms with Gasteiger partial charge in [0.05, 0.1) is 12.7 Å². The average molecular weight is 296 g/mol. The van der Waals surface area contributed by atoms with Gasteiger partial charge in [-0.3, -0.25) is 4.79 Å². The Hall–Kier alpha value is -1.98. The second-order valence-electron chi connectivity index (χ2n) is 5.40. The molecule has 2 amide bonds. The van der Waals surface area contributed by atoms with Crippen LogP contribution in [0.15, 0.2) is 22.8 Å². The normalized spacial score (nSPS) is 12.2. The number of nitrogens with one attached hydrogen (secondary N) is 1. The van der Waals surface area contributed by atoms with E-state index in [9.17, 15) is 9.59 Å². The number of carbonyl (C=O) groups excluding carboxylic acids is 1. The molecule has 1 unspecified atom stereocenters. The van der Waals surface area contributed by atoms with Crippen LogP contribution in [0.2, 0.25) is 0 Å². The van der Waals surface area contributed by atoms with E-state index in [1.165, 1.54) is 4.90 Å². The lowest BCUT2D eigenvalue weighted by atomic mass is 10.1. The van der Waals surface area contributed by atoms with Crippen LogP contribution in [0.4, 0.5) is 4.79 Å². The third-order valence-electron chi connectivity index (χ3n) is 3.22. The van der Waals surface area contributed by atoms with Crippen molar-refractivity contribution >= 4 is 12.0 Å². The summed E-state index contributed by atoms with van der Waals surface area (Å²) in [5.74, 6) is -0.0120. The van der Waals surface area contributed by atoms with Crippen LogP contribution >= 0.6 is 0 Å². The van der Waals surface area contributed by atoms with E-state index in [-0.39, 0.29) is 31.1 Å². The minimum Gasteiger partial charge on any atom is -0.481 e. The zero-order valence-corrected chi connectivity index (χ0v) is 12.8. The van der Waals surface area contributed by atoms with Gasteiger partial charge in [0.15, 0.2) is 0 Å². The van der Waals surface area contributed by atoms with Gasteiger partial charge in [0.25, 0.3) is 0 Å². The zero-order valence-electron chi connectivity index (χ0n) is 12.8. The molecular formula is C15H24N2O4. The molecule has 118 valence electrons. The molecule has 0 aliphatic heterocycles. The van der Waals surface area contributed by atoms with Crippen LogP contribution in [0.5, 0.6) is 0 Å². The first kappa shape index (κ1) is 17.1. The highest BCUT2D eigenvalue weighted by atomic mass is 16.4. The Morgan fingerprint density at radius 3 is 2.62 bits per heavy atom. The van der Waals surface area contributed by atoms with E-state index in [2.05, 4.69) is 5.32 Å². The monoisotopic (exact) mass is 296 g/mol. The number of nitrogens with zero attached hydrogens (tertiary/aromatic N) is 1. The molecule has 6 heteroatoms. The summed E-state index contributed by atoms with van der Waals surface area (Å²) in [6, 6.07) is 3.47. The molecule has 1 heterocycles. The maximum atomic E-state index is 12.2. The number of rotatable bonds is 8. The zero-order chi connectivity index (χ0) is 15.8. The number of hydrogen-bond acceptors (Lipinski definition) is 3. The number of carboxylic acids is 1. The van der Waals surface area contributed by atoms with Gasteiger partial charge in [-0.25, -0.2) is 4.79 Å². The second-order valence-corrected chi connectivity index (χ2v) is 5.40. The van der Waals surface area contributed by atoms with Gasteiger partial charge in [-0.2, -0.15) is 0 Å². The number of aliphatic carboxylic acids is 1. The number of amides is 2. The minimum absolute atomic E-state index is 0.00585. The number of aryl methyl sites for hydroxylation is 1. The average Bonchev–Trinajstić information content (AvgIpc) is 2.88. The molecule has 0 spiro atoms. The lowest BCUT2D eigenvalue weighted by molar-refractivity contribution is -0.137. The molecule has 0 aromatic carbocycles. The van der Waals surface area contributed by atoms with Crippen molar-refractivity contribution in [2.24, 2.45) is 0 Å². The van der Waals surface area contributed by atoms with Crippen LogP contribution in [0, 0.1) is 0 Å². The van der Waals surface area contributed by atoms with Gasteiger partial charge in [0, 0.05) is 25.0 Å². The van der Waals surface area contributed by atoms with Crippen LogP contribution in [0.3, 0.4) is 0 Å². The van der Waals surface area contributed by atoms with E-state index in [4.69, 9.17) is 9.52 Å². The van der Waals surface area contributed by atoms with Crippen LogP contribution < -0.4 is 5.32 Å². The van der Waals surface area contributed by atoms with E-state index < -0.39 is 5.97 Å². The first-order valence-electron chi connectivity index (χ1n) is 7.21. The van der Waals surface area contributed by atoms with E-state index >= 15 is 0 Å². The van der Waals surface area contributed by atoms with Crippen molar-refractivity contribution in [1.29, 1.82) is 0 Å². The Morgan fingerprint density at radius 2 is 2.10 bits per heavy atom. The predicted octanol–water partition coefficient (Wildman–Crippen LogP) is 2.50. The molecule has 2 N–H and O–H groups in total. The summed E-state index contributed by atoms with van der Waals surface area (Å²) in [5, 5.41) is 11.6. The van der Waals surface area contributed by atoms with Crippen LogP contribution in [-0.2, 0) is 11.2 Å². The number of carbonyl (C=O) groups is 2. The topological polar surface area (TPSA) is 82.8 Å². The van der Waals surface area contributed by atoms with E-state index in [0.717, 1.165) is 18.6 Å². The second kappa shape index (κ2) is 8.34. The number of hydrogen-bond donors (Lipinski definition) is 2. The Bertz CT molecular complexity index is 443. The molecule has 0 bridgehead atoms. The lowest BCUT2D eigenvalue weighted by Crippen LogP contribution is -2.47. The van der Waals surface area contributed by atoms with Crippen LogP contribution in [-0.4, -0.2) is 40.6 Å². The summed E-state index contributed by atoms with van der Waals surface area (Å²) >= 11 is 0. The maximum absolute atomic E-state index is 12.2. The van der Waals surface area contributed by atoms with Gasteiger partial charge >= 0.3 is 12.0 Å². The smallest absolute Gasteiger partial charge is 0.317 e. The molecule has 0 fully saturated rings. The van der Waals surface area contributed by atoms with Crippen molar-refractivity contribution in [3.8, 4) is 0 Å². The molecular weight excluding hydrogens is 272 g/mol. The summed E-state index contributed by atoms with van der Waals surface area (Å²) in [6.07, 6.45) is 3.10. The van der Waals surface area contributed by atoms with Gasteiger partial charge in [-0.1, -0.05) is 0 Å². The largest absolute Gasteiger partial charge is 0.481 e. The van der Waals surface area contributed by atoms with Crippen molar-refractivity contribution in [2.75, 3.05) is 6.54 Å². The molecule has 1 atom stereocenters. The molecule has 0 saturated heterocycles. The van der Waals surface area contributed by atoms with Crippen molar-refractivity contribution in [3.63, 3.8) is 0 Å². The van der Waals surface area contributed by atoms with Crippen LogP contribution in [0.1, 0.15) is 39.4 Å². The van der Waals surface area contributed by atoms with Crippen molar-refractivity contribution < 1.29 is 19.1 Å². The third kappa shape index (κ3) is 6.33. The number of carboxylic acid groups (broad SMARTS) is 1. The summed E-state index contributed by atoms with van der Waals surface area (Å²) in [7, 11) is 0. The highest BCUT2D eigenvalue weighted by Gasteiger charge is 2.19. The highest BCUT2D eigenvalue weighted by Crippen LogP contribution is 2.07. The van der Waals surface area contributed by atoms with Crippen molar-refractivity contribution in [1.82, 2.24) is 10.2 Å². The van der Waals surface area contributed by atoms with Crippen molar-refractivity contribution in [2.45, 2.75) is 52.1 Å². The summed E-state index contributed by atoms with van der Waals surface area (Å²) in [6.45, 7) is 5.88. The quantitative estimate of drug-likeness (QED) is 0.772.